The number of nitrogens with one attached hydrogen (secondary N) is 1. The maximum Gasteiger partial charge on any atom is 0.355 e. The molecule has 0 bridgehead atoms. The fourth-order valence-electron chi connectivity index (χ4n) is 1.72. The van der Waals surface area contributed by atoms with E-state index in [1.807, 2.05) is 6.92 Å². The van der Waals surface area contributed by atoms with E-state index in [1.54, 1.807) is 0 Å². The molecule has 1 aromatic heterocycles. The largest absolute Gasteiger partial charge is 0.476 e. The van der Waals surface area contributed by atoms with Crippen LogP contribution in [0.5, 0.6) is 0 Å². The maximum atomic E-state index is 12.0. The molecule has 6 nitrogen and oxygen atoms in total. The lowest BCUT2D eigenvalue weighted by Gasteiger charge is -2.14. The Morgan fingerprint density at radius 2 is 2.32 bits per heavy atom. The van der Waals surface area contributed by atoms with Crippen LogP contribution in [0.4, 0.5) is 0 Å². The van der Waals surface area contributed by atoms with E-state index in [0.717, 1.165) is 12.8 Å². The molecule has 1 aliphatic rings. The Hall–Kier alpha value is -1.47. The summed E-state index contributed by atoms with van der Waals surface area (Å²) in [6.07, 6.45) is 1.69. The van der Waals surface area contributed by atoms with Gasteiger partial charge in [-0.25, -0.2) is 9.78 Å². The molecule has 1 fully saturated rings. The summed E-state index contributed by atoms with van der Waals surface area (Å²) in [6, 6.07) is 0. The normalized spacial score (nSPS) is 16.1. The number of nitrogens with zero attached hydrogens (tertiary/aromatic N) is 1. The van der Waals surface area contributed by atoms with Gasteiger partial charge in [0.15, 0.2) is 5.69 Å². The minimum atomic E-state index is -1.05. The Morgan fingerprint density at radius 1 is 1.58 bits per heavy atom. The molecule has 2 N–H and O–H groups in total. The van der Waals surface area contributed by atoms with Crippen LogP contribution >= 0.6 is 11.3 Å². The third-order valence-corrected chi connectivity index (χ3v) is 3.94. The van der Waals surface area contributed by atoms with Crippen molar-refractivity contribution in [2.24, 2.45) is 5.41 Å². The number of hydrogen-bond acceptors (Lipinski definition) is 5. The first-order valence-electron chi connectivity index (χ1n) is 6.11. The van der Waals surface area contributed by atoms with E-state index in [0.29, 0.717) is 18.2 Å². The number of carbonyl (C=O) groups excluding carboxylic acids is 1. The Balaban J connectivity index is 1.84. The topological polar surface area (TPSA) is 88.5 Å². The predicted octanol–water partition coefficient (Wildman–Crippen LogP) is 1.27. The predicted molar refractivity (Wildman–Crippen MR) is 69.1 cm³/mol. The summed E-state index contributed by atoms with van der Waals surface area (Å²) in [5, 5.41) is 13.6. The highest BCUT2D eigenvalue weighted by molar-refractivity contribution is 7.09. The quantitative estimate of drug-likeness (QED) is 0.787. The Morgan fingerprint density at radius 3 is 2.84 bits per heavy atom. The van der Waals surface area contributed by atoms with Crippen LogP contribution in [0.3, 0.4) is 0 Å². The zero-order chi connectivity index (χ0) is 13.9. The molecule has 7 heteroatoms. The van der Waals surface area contributed by atoms with Gasteiger partial charge < -0.3 is 15.2 Å². The van der Waals surface area contributed by atoms with E-state index in [-0.39, 0.29) is 23.6 Å². The van der Waals surface area contributed by atoms with Crippen molar-refractivity contribution >= 4 is 23.2 Å². The van der Waals surface area contributed by atoms with Gasteiger partial charge in [0.2, 0.25) is 5.91 Å². The van der Waals surface area contributed by atoms with Gasteiger partial charge in [0.1, 0.15) is 5.01 Å². The van der Waals surface area contributed by atoms with Crippen LogP contribution in [-0.2, 0) is 16.1 Å². The first-order valence-corrected chi connectivity index (χ1v) is 6.99. The monoisotopic (exact) mass is 284 g/mol. The van der Waals surface area contributed by atoms with Gasteiger partial charge in [0.25, 0.3) is 0 Å². The van der Waals surface area contributed by atoms with Crippen molar-refractivity contribution in [3.05, 3.63) is 16.1 Å². The van der Waals surface area contributed by atoms with E-state index in [9.17, 15) is 9.59 Å². The average molecular weight is 284 g/mol. The molecule has 104 valence electrons. The lowest BCUT2D eigenvalue weighted by atomic mass is 10.1. The summed E-state index contributed by atoms with van der Waals surface area (Å²) >= 11 is 1.23. The van der Waals surface area contributed by atoms with Crippen LogP contribution in [0.15, 0.2) is 5.38 Å². The number of hydrogen-bond donors (Lipinski definition) is 2. The zero-order valence-electron chi connectivity index (χ0n) is 10.6. The summed E-state index contributed by atoms with van der Waals surface area (Å²) in [5.41, 5.74) is -0.354. The number of aromatic nitrogens is 1. The SMILES string of the molecule is CCOCC1(C(=O)NCc2nc(C(=O)O)cs2)CC1. The minimum absolute atomic E-state index is 0.0182. The Kier molecular flexibility index (Phi) is 4.16. The van der Waals surface area contributed by atoms with Crippen molar-refractivity contribution in [2.45, 2.75) is 26.3 Å². The third kappa shape index (κ3) is 3.30. The number of amides is 1. The standard InChI is InChI=1S/C12H16N2O4S/c1-2-18-7-12(3-4-12)11(17)13-5-9-14-8(6-19-9)10(15)16/h6H,2-5,7H2,1H3,(H,13,17)(H,15,16). The van der Waals surface area contributed by atoms with Gasteiger partial charge in [-0.2, -0.15) is 0 Å². The van der Waals surface area contributed by atoms with Gasteiger partial charge in [0, 0.05) is 12.0 Å². The van der Waals surface area contributed by atoms with Crippen molar-refractivity contribution in [3.8, 4) is 0 Å². The molecular formula is C12H16N2O4S. The molecule has 19 heavy (non-hydrogen) atoms. The van der Waals surface area contributed by atoms with Gasteiger partial charge in [-0.05, 0) is 19.8 Å². The molecule has 0 atom stereocenters. The second kappa shape index (κ2) is 5.66. The number of carbonyl (C=O) groups is 2. The van der Waals surface area contributed by atoms with E-state index >= 15 is 0 Å². The molecule has 1 heterocycles. The summed E-state index contributed by atoms with van der Waals surface area (Å²) in [4.78, 5) is 26.6. The molecular weight excluding hydrogens is 268 g/mol. The minimum Gasteiger partial charge on any atom is -0.476 e. The number of thiazole rings is 1. The van der Waals surface area contributed by atoms with Gasteiger partial charge in [-0.1, -0.05) is 0 Å². The second-order valence-electron chi connectivity index (χ2n) is 4.53. The molecule has 2 rings (SSSR count). The molecule has 0 aliphatic heterocycles. The van der Waals surface area contributed by atoms with Crippen LogP contribution in [0.1, 0.15) is 35.3 Å². The first-order chi connectivity index (χ1) is 9.07. The van der Waals surface area contributed by atoms with Crippen molar-refractivity contribution in [2.75, 3.05) is 13.2 Å². The molecule has 1 aliphatic carbocycles. The summed E-state index contributed by atoms with van der Waals surface area (Å²) in [5.74, 6) is -1.09. The van der Waals surface area contributed by atoms with Crippen LogP contribution < -0.4 is 5.32 Å². The van der Waals surface area contributed by atoms with E-state index in [2.05, 4.69) is 10.3 Å². The van der Waals surface area contributed by atoms with Crippen LogP contribution in [0.2, 0.25) is 0 Å². The number of rotatable bonds is 7. The van der Waals surface area contributed by atoms with Crippen LogP contribution in [0, 0.1) is 5.41 Å². The highest BCUT2D eigenvalue weighted by Crippen LogP contribution is 2.46. The molecule has 0 saturated heterocycles. The summed E-state index contributed by atoms with van der Waals surface area (Å²) in [6.45, 7) is 3.22. The van der Waals surface area contributed by atoms with Crippen molar-refractivity contribution in [3.63, 3.8) is 0 Å². The lowest BCUT2D eigenvalue weighted by molar-refractivity contribution is -0.128. The first kappa shape index (κ1) is 14.0. The summed E-state index contributed by atoms with van der Waals surface area (Å²) in [7, 11) is 0. The average Bonchev–Trinajstić information content (AvgIpc) is 3.03. The fourth-order valence-corrected chi connectivity index (χ4v) is 2.43. The zero-order valence-corrected chi connectivity index (χ0v) is 11.5. The number of ether oxygens (including phenoxy) is 1. The Labute approximate surface area is 114 Å². The van der Waals surface area contributed by atoms with E-state index in [4.69, 9.17) is 9.84 Å². The number of aromatic carboxylic acids is 1. The molecule has 1 aromatic rings. The summed E-state index contributed by atoms with van der Waals surface area (Å²) < 4.78 is 5.32. The van der Waals surface area contributed by atoms with Crippen molar-refractivity contribution in [1.29, 1.82) is 0 Å². The molecule has 0 spiro atoms. The maximum absolute atomic E-state index is 12.0. The number of carboxylic acid groups (broad SMARTS) is 1. The number of carboxylic acids is 1. The Bertz CT molecular complexity index is 482. The highest BCUT2D eigenvalue weighted by atomic mass is 32.1. The van der Waals surface area contributed by atoms with Crippen molar-refractivity contribution in [1.82, 2.24) is 10.3 Å². The second-order valence-corrected chi connectivity index (χ2v) is 5.47. The van der Waals surface area contributed by atoms with Gasteiger partial charge >= 0.3 is 5.97 Å². The van der Waals surface area contributed by atoms with E-state index < -0.39 is 5.97 Å². The van der Waals surface area contributed by atoms with E-state index in [1.165, 1.54) is 16.7 Å². The molecule has 1 amide bonds. The van der Waals surface area contributed by atoms with Crippen LogP contribution in [-0.4, -0.2) is 35.2 Å². The molecule has 0 unspecified atom stereocenters. The molecule has 0 aromatic carbocycles. The van der Waals surface area contributed by atoms with Gasteiger partial charge in [-0.15, -0.1) is 11.3 Å². The smallest absolute Gasteiger partial charge is 0.355 e. The van der Waals surface area contributed by atoms with Crippen LogP contribution in [0.25, 0.3) is 0 Å². The highest BCUT2D eigenvalue weighted by Gasteiger charge is 2.49. The molecule has 1 saturated carbocycles. The van der Waals surface area contributed by atoms with Crippen molar-refractivity contribution < 1.29 is 19.4 Å². The third-order valence-electron chi connectivity index (χ3n) is 3.09. The fraction of sp³-hybridized carbons (Fsp3) is 0.583. The lowest BCUT2D eigenvalue weighted by Crippen LogP contribution is -2.34. The molecule has 0 radical (unpaired) electrons. The van der Waals surface area contributed by atoms with Gasteiger partial charge in [0.05, 0.1) is 18.6 Å². The van der Waals surface area contributed by atoms with Gasteiger partial charge in [-0.3, -0.25) is 4.79 Å².